The second-order valence-corrected chi connectivity index (χ2v) is 3.68. The van der Waals surface area contributed by atoms with E-state index < -0.39 is 0 Å². The minimum Gasteiger partial charge on any atom is -0.379 e. The fourth-order valence-electron chi connectivity index (χ4n) is 1.70. The van der Waals surface area contributed by atoms with E-state index in [1.54, 1.807) is 6.08 Å². The molecule has 0 aromatic heterocycles. The number of hydrogen-bond acceptors (Lipinski definition) is 3. The summed E-state index contributed by atoms with van der Waals surface area (Å²) in [6, 6.07) is 0.165. The Labute approximate surface area is 91.1 Å². The van der Waals surface area contributed by atoms with Crippen molar-refractivity contribution in [3.8, 4) is 0 Å². The summed E-state index contributed by atoms with van der Waals surface area (Å²) in [7, 11) is 0. The van der Waals surface area contributed by atoms with Crippen LogP contribution in [0.4, 0.5) is 0 Å². The summed E-state index contributed by atoms with van der Waals surface area (Å²) in [6.07, 6.45) is 2.61. The van der Waals surface area contributed by atoms with E-state index in [2.05, 4.69) is 17.2 Å². The third kappa shape index (κ3) is 3.64. The van der Waals surface area contributed by atoms with Crippen molar-refractivity contribution in [3.63, 3.8) is 0 Å². The molecule has 1 fully saturated rings. The summed E-state index contributed by atoms with van der Waals surface area (Å²) in [5.74, 6) is 0.0371. The van der Waals surface area contributed by atoms with Crippen LogP contribution in [0.5, 0.6) is 0 Å². The molecule has 2 unspecified atom stereocenters. The highest BCUT2D eigenvalue weighted by Crippen LogP contribution is 2.13. The van der Waals surface area contributed by atoms with E-state index in [1.807, 2.05) is 6.92 Å². The molecule has 0 radical (unpaired) electrons. The van der Waals surface area contributed by atoms with E-state index >= 15 is 0 Å². The number of amides is 1. The van der Waals surface area contributed by atoms with Crippen LogP contribution in [0.15, 0.2) is 12.7 Å². The molecule has 0 aromatic rings. The molecule has 0 aromatic carbocycles. The lowest BCUT2D eigenvalue weighted by molar-refractivity contribution is -0.125. The summed E-state index contributed by atoms with van der Waals surface area (Å²) in [5.41, 5.74) is 0. The smallest absolute Gasteiger partial charge is 0.227 e. The predicted octanol–water partition coefficient (Wildman–Crippen LogP) is 0.303. The van der Waals surface area contributed by atoms with Gasteiger partial charge in [-0.15, -0.1) is 6.58 Å². The Morgan fingerprint density at radius 2 is 2.40 bits per heavy atom. The summed E-state index contributed by atoms with van der Waals surface area (Å²) >= 11 is 0. The predicted molar refractivity (Wildman–Crippen MR) is 59.6 cm³/mol. The fraction of sp³-hybridized carbons (Fsp3) is 0.727. The molecular formula is C11H20N2O2. The molecule has 4 heteroatoms. The van der Waals surface area contributed by atoms with E-state index in [0.29, 0.717) is 19.8 Å². The average molecular weight is 212 g/mol. The lowest BCUT2D eigenvalue weighted by Gasteiger charge is -2.17. The van der Waals surface area contributed by atoms with Gasteiger partial charge in [-0.1, -0.05) is 13.0 Å². The highest BCUT2D eigenvalue weighted by Gasteiger charge is 2.32. The van der Waals surface area contributed by atoms with Crippen molar-refractivity contribution in [2.75, 3.05) is 26.3 Å². The van der Waals surface area contributed by atoms with Crippen molar-refractivity contribution in [3.05, 3.63) is 12.7 Å². The molecule has 0 saturated carbocycles. The number of carbonyl (C=O) groups is 1. The van der Waals surface area contributed by atoms with Gasteiger partial charge in [0.25, 0.3) is 0 Å². The topological polar surface area (TPSA) is 50.4 Å². The van der Waals surface area contributed by atoms with Crippen molar-refractivity contribution in [2.45, 2.75) is 19.4 Å². The molecule has 0 aliphatic carbocycles. The third-order valence-electron chi connectivity index (χ3n) is 2.53. The number of nitrogens with one attached hydrogen (secondary N) is 2. The molecule has 2 atom stereocenters. The first-order valence-electron chi connectivity index (χ1n) is 5.49. The molecule has 2 N–H and O–H groups in total. The minimum atomic E-state index is -0.0465. The first-order valence-corrected chi connectivity index (χ1v) is 5.49. The van der Waals surface area contributed by atoms with Gasteiger partial charge in [-0.05, 0) is 13.0 Å². The maximum Gasteiger partial charge on any atom is 0.227 e. The fourth-order valence-corrected chi connectivity index (χ4v) is 1.70. The van der Waals surface area contributed by atoms with E-state index in [4.69, 9.17) is 4.74 Å². The monoisotopic (exact) mass is 212 g/mol. The Morgan fingerprint density at radius 1 is 1.60 bits per heavy atom. The van der Waals surface area contributed by atoms with Gasteiger partial charge in [0.15, 0.2) is 0 Å². The largest absolute Gasteiger partial charge is 0.379 e. The van der Waals surface area contributed by atoms with E-state index in [1.165, 1.54) is 0 Å². The van der Waals surface area contributed by atoms with Gasteiger partial charge < -0.3 is 15.4 Å². The molecule has 1 amide bonds. The van der Waals surface area contributed by atoms with Crippen LogP contribution in [-0.2, 0) is 9.53 Å². The standard InChI is InChI=1S/C11H20N2O2/c1-3-5-6-13-11(14)9-7-15-8-10(9)12-4-2/h3,9-10,12H,1,4-8H2,2H3,(H,13,14). The van der Waals surface area contributed by atoms with Gasteiger partial charge in [-0.2, -0.15) is 0 Å². The second kappa shape index (κ2) is 6.58. The summed E-state index contributed by atoms with van der Waals surface area (Å²) in [4.78, 5) is 11.7. The minimum absolute atomic E-state index is 0.0465. The van der Waals surface area contributed by atoms with Crippen molar-refractivity contribution in [1.82, 2.24) is 10.6 Å². The van der Waals surface area contributed by atoms with Gasteiger partial charge in [0.2, 0.25) is 5.91 Å². The normalized spacial score (nSPS) is 25.1. The van der Waals surface area contributed by atoms with E-state index in [0.717, 1.165) is 13.0 Å². The van der Waals surface area contributed by atoms with Crippen LogP contribution in [0.3, 0.4) is 0 Å². The molecule has 4 nitrogen and oxygen atoms in total. The van der Waals surface area contributed by atoms with Crippen LogP contribution < -0.4 is 10.6 Å². The SMILES string of the molecule is C=CCCNC(=O)C1COCC1NCC. The highest BCUT2D eigenvalue weighted by molar-refractivity contribution is 5.79. The molecule has 0 spiro atoms. The van der Waals surface area contributed by atoms with E-state index in [9.17, 15) is 4.79 Å². The average Bonchev–Trinajstić information content (AvgIpc) is 2.67. The Balaban J connectivity index is 2.33. The van der Waals surface area contributed by atoms with Crippen LogP contribution >= 0.6 is 0 Å². The Bertz CT molecular complexity index is 219. The molecule has 1 rings (SSSR count). The lowest BCUT2D eigenvalue weighted by atomic mass is 10.0. The van der Waals surface area contributed by atoms with Crippen LogP contribution in [0, 0.1) is 5.92 Å². The number of likely N-dealkylation sites (N-methyl/N-ethyl adjacent to an activating group) is 1. The number of carbonyl (C=O) groups excluding carboxylic acids is 1. The van der Waals surface area contributed by atoms with Crippen molar-refractivity contribution < 1.29 is 9.53 Å². The van der Waals surface area contributed by atoms with Crippen LogP contribution in [0.25, 0.3) is 0 Å². The van der Waals surface area contributed by atoms with Crippen LogP contribution in [0.2, 0.25) is 0 Å². The number of rotatable bonds is 6. The number of ether oxygens (including phenoxy) is 1. The van der Waals surface area contributed by atoms with Gasteiger partial charge in [-0.25, -0.2) is 0 Å². The van der Waals surface area contributed by atoms with Crippen molar-refractivity contribution in [2.24, 2.45) is 5.92 Å². The number of hydrogen-bond donors (Lipinski definition) is 2. The summed E-state index contributed by atoms with van der Waals surface area (Å²) < 4.78 is 5.31. The third-order valence-corrected chi connectivity index (χ3v) is 2.53. The molecule has 1 aliphatic heterocycles. The van der Waals surface area contributed by atoms with Crippen LogP contribution in [0.1, 0.15) is 13.3 Å². The van der Waals surface area contributed by atoms with E-state index in [-0.39, 0.29) is 17.9 Å². The first-order chi connectivity index (χ1) is 7.29. The van der Waals surface area contributed by atoms with Crippen LogP contribution in [-0.4, -0.2) is 38.3 Å². The first kappa shape index (κ1) is 12.2. The van der Waals surface area contributed by atoms with Gasteiger partial charge in [0.05, 0.1) is 19.1 Å². The molecule has 1 aliphatic rings. The van der Waals surface area contributed by atoms with Crippen molar-refractivity contribution >= 4 is 5.91 Å². The molecule has 15 heavy (non-hydrogen) atoms. The van der Waals surface area contributed by atoms with Gasteiger partial charge in [0.1, 0.15) is 0 Å². The molecule has 86 valence electrons. The molecular weight excluding hydrogens is 192 g/mol. The Hall–Kier alpha value is -0.870. The Morgan fingerprint density at radius 3 is 3.07 bits per heavy atom. The Kier molecular flexibility index (Phi) is 5.36. The summed E-state index contributed by atoms with van der Waals surface area (Å²) in [6.45, 7) is 8.33. The lowest BCUT2D eigenvalue weighted by Crippen LogP contribution is -2.44. The van der Waals surface area contributed by atoms with Gasteiger partial charge in [0, 0.05) is 12.6 Å². The van der Waals surface area contributed by atoms with Gasteiger partial charge >= 0.3 is 0 Å². The molecule has 1 heterocycles. The zero-order valence-electron chi connectivity index (χ0n) is 9.29. The van der Waals surface area contributed by atoms with Gasteiger partial charge in [-0.3, -0.25) is 4.79 Å². The summed E-state index contributed by atoms with van der Waals surface area (Å²) in [5, 5.41) is 6.14. The highest BCUT2D eigenvalue weighted by atomic mass is 16.5. The molecule has 0 bridgehead atoms. The second-order valence-electron chi connectivity index (χ2n) is 3.68. The zero-order valence-corrected chi connectivity index (χ0v) is 9.29. The maximum atomic E-state index is 11.7. The zero-order chi connectivity index (χ0) is 11.1. The quantitative estimate of drug-likeness (QED) is 0.492. The maximum absolute atomic E-state index is 11.7. The molecule has 1 saturated heterocycles. The van der Waals surface area contributed by atoms with Crippen molar-refractivity contribution in [1.29, 1.82) is 0 Å².